The molecule has 1 rings (SSSR count). The highest BCUT2D eigenvalue weighted by Crippen LogP contribution is 2.17. The molecule has 1 aromatic rings. The fourth-order valence-electron chi connectivity index (χ4n) is 1.06. The standard InChI is InChI=1S/C10H13ClO2/c1-12-10-5-3-2-4-9(10)8-13-7-6-11/h2-5H,6-8H2,1H3. The summed E-state index contributed by atoms with van der Waals surface area (Å²) in [7, 11) is 1.65. The van der Waals surface area contributed by atoms with Gasteiger partial charge in [0.05, 0.1) is 20.3 Å². The van der Waals surface area contributed by atoms with Crippen LogP contribution in [0, 0.1) is 0 Å². The van der Waals surface area contributed by atoms with E-state index in [9.17, 15) is 0 Å². The molecule has 72 valence electrons. The molecule has 3 heteroatoms. The van der Waals surface area contributed by atoms with Gasteiger partial charge >= 0.3 is 0 Å². The Balaban J connectivity index is 2.54. The third-order valence-corrected chi connectivity index (χ3v) is 1.83. The second kappa shape index (κ2) is 5.84. The summed E-state index contributed by atoms with van der Waals surface area (Å²) in [4.78, 5) is 0. The van der Waals surface area contributed by atoms with Crippen molar-refractivity contribution in [1.82, 2.24) is 0 Å². The van der Waals surface area contributed by atoms with E-state index < -0.39 is 0 Å². The largest absolute Gasteiger partial charge is 0.496 e. The molecule has 0 bridgehead atoms. The molecule has 2 nitrogen and oxygen atoms in total. The third kappa shape index (κ3) is 3.25. The Bertz CT molecular complexity index is 250. The van der Waals surface area contributed by atoms with Crippen LogP contribution in [0.5, 0.6) is 5.75 Å². The van der Waals surface area contributed by atoms with Crippen molar-refractivity contribution in [2.75, 3.05) is 19.6 Å². The molecule has 0 atom stereocenters. The Labute approximate surface area is 83.4 Å². The second-order valence-corrected chi connectivity index (χ2v) is 2.93. The summed E-state index contributed by atoms with van der Waals surface area (Å²) in [6.45, 7) is 1.12. The smallest absolute Gasteiger partial charge is 0.124 e. The van der Waals surface area contributed by atoms with Crippen LogP contribution in [0.15, 0.2) is 24.3 Å². The molecule has 0 aliphatic heterocycles. The van der Waals surface area contributed by atoms with Crippen molar-refractivity contribution in [3.63, 3.8) is 0 Å². The number of para-hydroxylation sites is 1. The number of alkyl halides is 1. The zero-order valence-electron chi connectivity index (χ0n) is 7.63. The normalized spacial score (nSPS) is 10.0. The number of hydrogen-bond donors (Lipinski definition) is 0. The first-order valence-corrected chi connectivity index (χ1v) is 4.67. The first-order chi connectivity index (χ1) is 6.38. The minimum atomic E-state index is 0.523. The van der Waals surface area contributed by atoms with Crippen LogP contribution in [0.2, 0.25) is 0 Å². The molecule has 1 aromatic carbocycles. The van der Waals surface area contributed by atoms with Crippen LogP contribution in [0.1, 0.15) is 5.56 Å². The predicted octanol–water partition coefficient (Wildman–Crippen LogP) is 2.45. The minimum absolute atomic E-state index is 0.523. The maximum atomic E-state index is 5.49. The first kappa shape index (κ1) is 10.4. The van der Waals surface area contributed by atoms with Crippen LogP contribution in [0.4, 0.5) is 0 Å². The maximum absolute atomic E-state index is 5.49. The quantitative estimate of drug-likeness (QED) is 0.537. The van der Waals surface area contributed by atoms with Gasteiger partial charge in [-0.1, -0.05) is 18.2 Å². The summed E-state index contributed by atoms with van der Waals surface area (Å²) in [6.07, 6.45) is 0. The van der Waals surface area contributed by atoms with Gasteiger partial charge in [-0.3, -0.25) is 0 Å². The average molecular weight is 201 g/mol. The second-order valence-electron chi connectivity index (χ2n) is 2.55. The highest BCUT2D eigenvalue weighted by molar-refractivity contribution is 6.17. The molecule has 0 saturated carbocycles. The van der Waals surface area contributed by atoms with Crippen molar-refractivity contribution in [3.05, 3.63) is 29.8 Å². The average Bonchev–Trinajstić information content (AvgIpc) is 2.19. The highest BCUT2D eigenvalue weighted by atomic mass is 35.5. The van der Waals surface area contributed by atoms with Gasteiger partial charge < -0.3 is 9.47 Å². The molecular weight excluding hydrogens is 188 g/mol. The lowest BCUT2D eigenvalue weighted by molar-refractivity contribution is 0.133. The summed E-state index contributed by atoms with van der Waals surface area (Å²) < 4.78 is 10.5. The fraction of sp³-hybridized carbons (Fsp3) is 0.400. The summed E-state index contributed by atoms with van der Waals surface area (Å²) in [5.41, 5.74) is 1.05. The summed E-state index contributed by atoms with van der Waals surface area (Å²) in [5, 5.41) is 0. The zero-order chi connectivity index (χ0) is 9.52. The number of benzene rings is 1. The van der Waals surface area contributed by atoms with Crippen LogP contribution in [0.25, 0.3) is 0 Å². The molecule has 0 saturated heterocycles. The Hall–Kier alpha value is -0.730. The van der Waals surface area contributed by atoms with Crippen LogP contribution in [-0.2, 0) is 11.3 Å². The van der Waals surface area contributed by atoms with E-state index in [1.54, 1.807) is 7.11 Å². The van der Waals surface area contributed by atoms with Gasteiger partial charge in [-0.05, 0) is 6.07 Å². The van der Waals surface area contributed by atoms with Crippen LogP contribution < -0.4 is 4.74 Å². The SMILES string of the molecule is COc1ccccc1COCCCl. The molecule has 0 unspecified atom stereocenters. The van der Waals surface area contributed by atoms with E-state index >= 15 is 0 Å². The Morgan fingerprint density at radius 3 is 2.77 bits per heavy atom. The first-order valence-electron chi connectivity index (χ1n) is 4.14. The molecule has 0 radical (unpaired) electrons. The number of rotatable bonds is 5. The predicted molar refractivity (Wildman–Crippen MR) is 53.4 cm³/mol. The summed E-state index contributed by atoms with van der Waals surface area (Å²) in [6, 6.07) is 7.79. The van der Waals surface area contributed by atoms with Gasteiger partial charge in [0.15, 0.2) is 0 Å². The van der Waals surface area contributed by atoms with Gasteiger partial charge in [0, 0.05) is 11.4 Å². The number of hydrogen-bond acceptors (Lipinski definition) is 2. The molecule has 0 spiro atoms. The molecule has 0 amide bonds. The molecular formula is C10H13ClO2. The van der Waals surface area contributed by atoms with Crippen LogP contribution in [-0.4, -0.2) is 19.6 Å². The molecule has 0 fully saturated rings. The summed E-state index contributed by atoms with van der Waals surface area (Å²) >= 11 is 5.49. The van der Waals surface area contributed by atoms with E-state index in [1.165, 1.54) is 0 Å². The molecule has 13 heavy (non-hydrogen) atoms. The summed E-state index contributed by atoms with van der Waals surface area (Å²) in [5.74, 6) is 1.38. The van der Waals surface area contributed by atoms with Gasteiger partial charge in [-0.25, -0.2) is 0 Å². The lowest BCUT2D eigenvalue weighted by Crippen LogP contribution is -1.98. The van der Waals surface area contributed by atoms with Crippen LogP contribution in [0.3, 0.4) is 0 Å². The molecule has 0 aliphatic carbocycles. The van der Waals surface area contributed by atoms with Crippen molar-refractivity contribution in [2.45, 2.75) is 6.61 Å². The van der Waals surface area contributed by atoms with Crippen molar-refractivity contribution in [1.29, 1.82) is 0 Å². The van der Waals surface area contributed by atoms with Crippen LogP contribution >= 0.6 is 11.6 Å². The Kier molecular flexibility index (Phi) is 4.65. The van der Waals surface area contributed by atoms with Crippen molar-refractivity contribution in [3.8, 4) is 5.75 Å². The van der Waals surface area contributed by atoms with E-state index in [1.807, 2.05) is 24.3 Å². The highest BCUT2D eigenvalue weighted by Gasteiger charge is 2.00. The molecule has 0 aromatic heterocycles. The lowest BCUT2D eigenvalue weighted by atomic mass is 10.2. The number of methoxy groups -OCH3 is 1. The van der Waals surface area contributed by atoms with E-state index in [0.717, 1.165) is 11.3 Å². The maximum Gasteiger partial charge on any atom is 0.124 e. The van der Waals surface area contributed by atoms with Gasteiger partial charge in [0.2, 0.25) is 0 Å². The monoisotopic (exact) mass is 200 g/mol. The molecule has 0 aliphatic rings. The van der Waals surface area contributed by atoms with E-state index in [0.29, 0.717) is 19.1 Å². The van der Waals surface area contributed by atoms with Gasteiger partial charge in [0.1, 0.15) is 5.75 Å². The van der Waals surface area contributed by atoms with Crippen molar-refractivity contribution < 1.29 is 9.47 Å². The number of ether oxygens (including phenoxy) is 2. The molecule has 0 heterocycles. The molecule has 0 N–H and O–H groups in total. The Morgan fingerprint density at radius 1 is 1.31 bits per heavy atom. The zero-order valence-corrected chi connectivity index (χ0v) is 8.38. The van der Waals surface area contributed by atoms with Crippen molar-refractivity contribution >= 4 is 11.6 Å². The van der Waals surface area contributed by atoms with Gasteiger partial charge in [-0.2, -0.15) is 0 Å². The van der Waals surface area contributed by atoms with Gasteiger partial charge in [0.25, 0.3) is 0 Å². The van der Waals surface area contributed by atoms with E-state index in [-0.39, 0.29) is 0 Å². The van der Waals surface area contributed by atoms with E-state index in [2.05, 4.69) is 0 Å². The minimum Gasteiger partial charge on any atom is -0.496 e. The van der Waals surface area contributed by atoms with Gasteiger partial charge in [-0.15, -0.1) is 11.6 Å². The topological polar surface area (TPSA) is 18.5 Å². The van der Waals surface area contributed by atoms with E-state index in [4.69, 9.17) is 21.1 Å². The van der Waals surface area contributed by atoms with Crippen molar-refractivity contribution in [2.24, 2.45) is 0 Å². The lowest BCUT2D eigenvalue weighted by Gasteiger charge is -2.07. The number of halogens is 1. The Morgan fingerprint density at radius 2 is 2.08 bits per heavy atom. The fourth-order valence-corrected chi connectivity index (χ4v) is 1.17. The third-order valence-electron chi connectivity index (χ3n) is 1.67.